The maximum Gasteiger partial charge on any atom is 0.312 e. The van der Waals surface area contributed by atoms with Crippen molar-refractivity contribution < 1.29 is 14.6 Å². The number of carbonyl (C=O) groups is 1. The number of hydrogen-bond donors (Lipinski definition) is 2. The Labute approximate surface area is 98.8 Å². The molecule has 1 aromatic heterocycles. The molecule has 0 amide bonds. The summed E-state index contributed by atoms with van der Waals surface area (Å²) < 4.78 is 5.24. The van der Waals surface area contributed by atoms with Crippen LogP contribution in [0.5, 0.6) is 0 Å². The zero-order chi connectivity index (χ0) is 12.3. The average molecular weight is 237 g/mol. The van der Waals surface area contributed by atoms with E-state index in [1.807, 2.05) is 0 Å². The van der Waals surface area contributed by atoms with Crippen molar-refractivity contribution >= 4 is 11.8 Å². The second-order valence-corrected chi connectivity index (χ2v) is 4.13. The Morgan fingerprint density at radius 1 is 1.47 bits per heavy atom. The third-order valence-corrected chi connectivity index (χ3v) is 3.03. The summed E-state index contributed by atoms with van der Waals surface area (Å²) in [6.07, 6.45) is 2.78. The van der Waals surface area contributed by atoms with E-state index in [0.717, 1.165) is 12.8 Å². The van der Waals surface area contributed by atoms with Gasteiger partial charge in [-0.15, -0.1) is 0 Å². The van der Waals surface area contributed by atoms with E-state index < -0.39 is 11.9 Å². The Bertz CT molecular complexity index is 405. The minimum atomic E-state index is -0.866. The van der Waals surface area contributed by atoms with Crippen molar-refractivity contribution in [2.75, 3.05) is 18.9 Å². The predicted molar refractivity (Wildman–Crippen MR) is 60.4 cm³/mol. The first-order valence-corrected chi connectivity index (χ1v) is 5.56. The normalized spacial score (nSPS) is 18.8. The van der Waals surface area contributed by atoms with Crippen LogP contribution in [0.2, 0.25) is 0 Å². The molecule has 1 saturated heterocycles. The first-order valence-electron chi connectivity index (χ1n) is 5.56. The Hall–Kier alpha value is -1.69. The van der Waals surface area contributed by atoms with Crippen LogP contribution in [0, 0.1) is 5.92 Å². The highest BCUT2D eigenvalue weighted by Gasteiger charge is 2.32. The van der Waals surface area contributed by atoms with E-state index in [-0.39, 0.29) is 5.92 Å². The van der Waals surface area contributed by atoms with Crippen molar-refractivity contribution in [1.29, 1.82) is 0 Å². The van der Waals surface area contributed by atoms with Crippen LogP contribution >= 0.6 is 0 Å². The monoisotopic (exact) mass is 237 g/mol. The fraction of sp³-hybridized carbons (Fsp3) is 0.545. The van der Waals surface area contributed by atoms with Gasteiger partial charge in [0, 0.05) is 19.3 Å². The molecule has 1 fully saturated rings. The fourth-order valence-electron chi connectivity index (χ4n) is 2.18. The molecule has 0 bridgehead atoms. The lowest BCUT2D eigenvalue weighted by Gasteiger charge is -2.27. The summed E-state index contributed by atoms with van der Waals surface area (Å²) in [7, 11) is 0. The molecule has 1 aromatic rings. The molecule has 0 aliphatic carbocycles. The standard InChI is InChI=1S/C11H15N3O3/c12-9-5-8(13-6-14-9)10(11(15)16)7-1-3-17-4-2-7/h5-7,10H,1-4H2,(H,15,16)(H2,12,13,14). The molecule has 6 nitrogen and oxygen atoms in total. The van der Waals surface area contributed by atoms with Crippen LogP contribution in [0.1, 0.15) is 24.5 Å². The molecule has 6 heteroatoms. The number of nitrogens with two attached hydrogens (primary N) is 1. The van der Waals surface area contributed by atoms with Crippen LogP contribution in [0.15, 0.2) is 12.4 Å². The van der Waals surface area contributed by atoms with Crippen LogP contribution in [-0.4, -0.2) is 34.3 Å². The molecule has 0 spiro atoms. The van der Waals surface area contributed by atoms with Crippen molar-refractivity contribution in [3.05, 3.63) is 18.1 Å². The molecule has 2 heterocycles. The number of carboxylic acids is 1. The topological polar surface area (TPSA) is 98.3 Å². The zero-order valence-electron chi connectivity index (χ0n) is 9.37. The summed E-state index contributed by atoms with van der Waals surface area (Å²) in [6.45, 7) is 1.21. The van der Waals surface area contributed by atoms with Crippen LogP contribution in [0.3, 0.4) is 0 Å². The summed E-state index contributed by atoms with van der Waals surface area (Å²) in [5, 5.41) is 9.33. The third kappa shape index (κ3) is 2.71. The van der Waals surface area contributed by atoms with E-state index in [9.17, 15) is 9.90 Å². The second kappa shape index (κ2) is 5.09. The van der Waals surface area contributed by atoms with E-state index in [4.69, 9.17) is 10.5 Å². The third-order valence-electron chi connectivity index (χ3n) is 3.03. The van der Waals surface area contributed by atoms with Crippen molar-refractivity contribution in [2.45, 2.75) is 18.8 Å². The molecule has 0 radical (unpaired) electrons. The van der Waals surface area contributed by atoms with Gasteiger partial charge in [-0.1, -0.05) is 0 Å². The summed E-state index contributed by atoms with van der Waals surface area (Å²) in [5.74, 6) is -1.14. The molecule has 1 aliphatic rings. The lowest BCUT2D eigenvalue weighted by atomic mass is 9.83. The highest BCUT2D eigenvalue weighted by molar-refractivity contribution is 5.76. The molecule has 0 saturated carbocycles. The van der Waals surface area contributed by atoms with Gasteiger partial charge in [-0.2, -0.15) is 0 Å². The largest absolute Gasteiger partial charge is 0.481 e. The minimum absolute atomic E-state index is 0.0514. The Kier molecular flexibility index (Phi) is 3.53. The Balaban J connectivity index is 2.25. The number of nitrogens with zero attached hydrogens (tertiary/aromatic N) is 2. The molecule has 92 valence electrons. The number of rotatable bonds is 3. The number of hydrogen-bond acceptors (Lipinski definition) is 5. The SMILES string of the molecule is Nc1cc(C(C(=O)O)C2CCOCC2)ncn1. The van der Waals surface area contributed by atoms with Gasteiger partial charge in [0.15, 0.2) is 0 Å². The van der Waals surface area contributed by atoms with Crippen molar-refractivity contribution in [3.8, 4) is 0 Å². The summed E-state index contributed by atoms with van der Waals surface area (Å²) in [6, 6.07) is 1.54. The van der Waals surface area contributed by atoms with E-state index in [2.05, 4.69) is 9.97 Å². The van der Waals surface area contributed by atoms with E-state index in [1.165, 1.54) is 12.4 Å². The molecule has 1 atom stereocenters. The molecular formula is C11H15N3O3. The van der Waals surface area contributed by atoms with Crippen LogP contribution < -0.4 is 5.73 Å². The van der Waals surface area contributed by atoms with E-state index in [1.54, 1.807) is 0 Å². The highest BCUT2D eigenvalue weighted by atomic mass is 16.5. The first-order chi connectivity index (χ1) is 8.18. The van der Waals surface area contributed by atoms with Crippen LogP contribution in [0.25, 0.3) is 0 Å². The highest BCUT2D eigenvalue weighted by Crippen LogP contribution is 2.31. The predicted octanol–water partition coefficient (Wildman–Crippen LogP) is 0.654. The number of aliphatic carboxylic acids is 1. The maximum atomic E-state index is 11.4. The number of aromatic nitrogens is 2. The number of ether oxygens (including phenoxy) is 1. The van der Waals surface area contributed by atoms with Crippen molar-refractivity contribution in [1.82, 2.24) is 9.97 Å². The lowest BCUT2D eigenvalue weighted by molar-refractivity contribution is -0.141. The van der Waals surface area contributed by atoms with E-state index >= 15 is 0 Å². The van der Waals surface area contributed by atoms with Gasteiger partial charge in [0.05, 0.1) is 5.69 Å². The number of carboxylic acid groups (broad SMARTS) is 1. The quantitative estimate of drug-likeness (QED) is 0.801. The van der Waals surface area contributed by atoms with Gasteiger partial charge in [-0.3, -0.25) is 4.79 Å². The summed E-state index contributed by atoms with van der Waals surface area (Å²) in [5.41, 5.74) is 6.04. The molecule has 1 unspecified atom stereocenters. The Morgan fingerprint density at radius 2 is 2.18 bits per heavy atom. The number of nitrogen functional groups attached to an aromatic ring is 1. The van der Waals surface area contributed by atoms with E-state index in [0.29, 0.717) is 24.7 Å². The van der Waals surface area contributed by atoms with Gasteiger partial charge < -0.3 is 15.6 Å². The Morgan fingerprint density at radius 3 is 2.76 bits per heavy atom. The van der Waals surface area contributed by atoms with Gasteiger partial charge in [0.1, 0.15) is 18.1 Å². The van der Waals surface area contributed by atoms with Crippen molar-refractivity contribution in [3.63, 3.8) is 0 Å². The molecular weight excluding hydrogens is 222 g/mol. The van der Waals surface area contributed by atoms with Gasteiger partial charge in [0.2, 0.25) is 0 Å². The minimum Gasteiger partial charge on any atom is -0.481 e. The van der Waals surface area contributed by atoms with Crippen LogP contribution in [-0.2, 0) is 9.53 Å². The summed E-state index contributed by atoms with van der Waals surface area (Å²) >= 11 is 0. The van der Waals surface area contributed by atoms with Gasteiger partial charge >= 0.3 is 5.97 Å². The van der Waals surface area contributed by atoms with Gasteiger partial charge in [0.25, 0.3) is 0 Å². The molecule has 3 N–H and O–H groups in total. The molecule has 1 aliphatic heterocycles. The lowest BCUT2D eigenvalue weighted by Crippen LogP contribution is -2.28. The zero-order valence-corrected chi connectivity index (χ0v) is 9.37. The number of anilines is 1. The van der Waals surface area contributed by atoms with Crippen LogP contribution in [0.4, 0.5) is 5.82 Å². The molecule has 0 aromatic carbocycles. The maximum absolute atomic E-state index is 11.4. The second-order valence-electron chi connectivity index (χ2n) is 4.13. The average Bonchev–Trinajstić information content (AvgIpc) is 2.30. The summed E-state index contributed by atoms with van der Waals surface area (Å²) in [4.78, 5) is 19.2. The molecule has 17 heavy (non-hydrogen) atoms. The smallest absolute Gasteiger partial charge is 0.312 e. The van der Waals surface area contributed by atoms with Gasteiger partial charge in [-0.25, -0.2) is 9.97 Å². The van der Waals surface area contributed by atoms with Gasteiger partial charge in [-0.05, 0) is 18.8 Å². The van der Waals surface area contributed by atoms with Crippen molar-refractivity contribution in [2.24, 2.45) is 5.92 Å². The molecule has 2 rings (SSSR count). The fourth-order valence-corrected chi connectivity index (χ4v) is 2.18. The first kappa shape index (κ1) is 11.8.